The predicted molar refractivity (Wildman–Crippen MR) is 123 cm³/mol. The minimum absolute atomic E-state index is 0.134. The number of carbonyl (C=O) groups is 1. The van der Waals surface area contributed by atoms with Gasteiger partial charge in [-0.2, -0.15) is 5.10 Å². The van der Waals surface area contributed by atoms with Crippen molar-refractivity contribution in [1.29, 1.82) is 0 Å². The third kappa shape index (κ3) is 4.36. The molecule has 4 rings (SSSR count). The van der Waals surface area contributed by atoms with E-state index in [0.717, 1.165) is 22.3 Å². The van der Waals surface area contributed by atoms with Gasteiger partial charge in [0.25, 0.3) is 0 Å². The van der Waals surface area contributed by atoms with Gasteiger partial charge in [0.2, 0.25) is 11.9 Å². The number of ether oxygens (including phenoxy) is 1. The number of fused-ring (bicyclic) bond motifs is 1. The second-order valence-corrected chi connectivity index (χ2v) is 7.31. The first-order valence-electron chi connectivity index (χ1n) is 10.2. The van der Waals surface area contributed by atoms with Crippen molar-refractivity contribution in [3.63, 3.8) is 0 Å². The highest BCUT2D eigenvalue weighted by atomic mass is 32.1. The van der Waals surface area contributed by atoms with Gasteiger partial charge in [-0.05, 0) is 62.5 Å². The molecule has 2 heterocycles. The van der Waals surface area contributed by atoms with Crippen molar-refractivity contribution in [2.24, 2.45) is 0 Å². The molecule has 0 aliphatic carbocycles. The molecular formula is C22H24N6O2S. The summed E-state index contributed by atoms with van der Waals surface area (Å²) >= 11 is 5.38. The summed E-state index contributed by atoms with van der Waals surface area (Å²) in [5.41, 5.74) is 2.74. The van der Waals surface area contributed by atoms with Crippen molar-refractivity contribution in [1.82, 2.24) is 24.3 Å². The molecule has 0 saturated heterocycles. The van der Waals surface area contributed by atoms with Gasteiger partial charge in [0.05, 0.1) is 17.6 Å². The van der Waals surface area contributed by atoms with Crippen LogP contribution in [-0.4, -0.2) is 36.8 Å². The van der Waals surface area contributed by atoms with E-state index >= 15 is 0 Å². The Labute approximate surface area is 184 Å². The first-order valence-corrected chi connectivity index (χ1v) is 10.6. The molecule has 1 amide bonds. The molecular weight excluding hydrogens is 412 g/mol. The number of rotatable bonds is 8. The molecule has 0 spiro atoms. The van der Waals surface area contributed by atoms with Gasteiger partial charge in [0.1, 0.15) is 5.75 Å². The van der Waals surface area contributed by atoms with Crippen LogP contribution in [0, 0.1) is 4.77 Å². The summed E-state index contributed by atoms with van der Waals surface area (Å²) in [7, 11) is 0. The van der Waals surface area contributed by atoms with Crippen LogP contribution in [-0.2, 0) is 17.9 Å². The Hall–Kier alpha value is -3.46. The SMILES string of the molecule is CCOc1ccc(-c2n[nH]c(=S)n2CCC(=O)Nc2nc3ccccc3n2CC)cc1. The number of nitrogens with one attached hydrogen (secondary N) is 2. The molecule has 0 aliphatic heterocycles. The fraction of sp³-hybridized carbons (Fsp3) is 0.273. The van der Waals surface area contributed by atoms with E-state index in [9.17, 15) is 4.79 Å². The normalized spacial score (nSPS) is 11.0. The number of hydrogen-bond acceptors (Lipinski definition) is 5. The van der Waals surface area contributed by atoms with Crippen molar-refractivity contribution in [3.8, 4) is 17.1 Å². The zero-order valence-electron chi connectivity index (χ0n) is 17.5. The van der Waals surface area contributed by atoms with Crippen LogP contribution in [0.15, 0.2) is 48.5 Å². The highest BCUT2D eigenvalue weighted by Gasteiger charge is 2.14. The van der Waals surface area contributed by atoms with Crippen LogP contribution < -0.4 is 10.1 Å². The lowest BCUT2D eigenvalue weighted by Gasteiger charge is -2.10. The Bertz CT molecular complexity index is 1260. The lowest BCUT2D eigenvalue weighted by Crippen LogP contribution is -2.18. The van der Waals surface area contributed by atoms with Crippen molar-refractivity contribution in [2.75, 3.05) is 11.9 Å². The number of aromatic amines is 1. The Morgan fingerprint density at radius 1 is 1.13 bits per heavy atom. The van der Waals surface area contributed by atoms with Gasteiger partial charge in [-0.25, -0.2) is 4.98 Å². The van der Waals surface area contributed by atoms with E-state index in [2.05, 4.69) is 20.5 Å². The summed E-state index contributed by atoms with van der Waals surface area (Å²) in [6, 6.07) is 15.5. The molecule has 0 unspecified atom stereocenters. The Kier molecular flexibility index (Phi) is 6.13. The second-order valence-electron chi connectivity index (χ2n) is 6.93. The first-order chi connectivity index (χ1) is 15.1. The molecule has 9 heteroatoms. The van der Waals surface area contributed by atoms with Crippen molar-refractivity contribution < 1.29 is 9.53 Å². The van der Waals surface area contributed by atoms with Crippen LogP contribution in [0.5, 0.6) is 5.75 Å². The average molecular weight is 437 g/mol. The van der Waals surface area contributed by atoms with Crippen molar-refractivity contribution in [3.05, 3.63) is 53.3 Å². The summed E-state index contributed by atoms with van der Waals surface area (Å²) in [5.74, 6) is 1.90. The average Bonchev–Trinajstić information content (AvgIpc) is 3.32. The maximum atomic E-state index is 12.7. The van der Waals surface area contributed by atoms with Crippen LogP contribution in [0.1, 0.15) is 20.3 Å². The summed E-state index contributed by atoms with van der Waals surface area (Å²) in [4.78, 5) is 17.2. The van der Waals surface area contributed by atoms with Gasteiger partial charge in [-0.15, -0.1) is 0 Å². The quantitative estimate of drug-likeness (QED) is 0.400. The molecule has 2 aromatic heterocycles. The van der Waals surface area contributed by atoms with Gasteiger partial charge in [0, 0.05) is 25.1 Å². The van der Waals surface area contributed by atoms with E-state index < -0.39 is 0 Å². The highest BCUT2D eigenvalue weighted by Crippen LogP contribution is 2.22. The number of imidazole rings is 1. The molecule has 0 fully saturated rings. The number of nitrogens with zero attached hydrogens (tertiary/aromatic N) is 4. The molecule has 0 aliphatic rings. The lowest BCUT2D eigenvalue weighted by atomic mass is 10.2. The van der Waals surface area contributed by atoms with E-state index in [1.807, 2.05) is 71.5 Å². The van der Waals surface area contributed by atoms with Crippen LogP contribution in [0.25, 0.3) is 22.4 Å². The van der Waals surface area contributed by atoms with E-state index in [4.69, 9.17) is 17.0 Å². The summed E-state index contributed by atoms with van der Waals surface area (Å²) in [6.07, 6.45) is 0.241. The number of aryl methyl sites for hydroxylation is 1. The fourth-order valence-electron chi connectivity index (χ4n) is 3.50. The summed E-state index contributed by atoms with van der Waals surface area (Å²) in [5, 5.41) is 10.1. The molecule has 31 heavy (non-hydrogen) atoms. The monoisotopic (exact) mass is 436 g/mol. The zero-order chi connectivity index (χ0) is 21.8. The maximum Gasteiger partial charge on any atom is 0.228 e. The number of amides is 1. The van der Waals surface area contributed by atoms with Crippen LogP contribution in [0.4, 0.5) is 5.95 Å². The number of anilines is 1. The molecule has 0 radical (unpaired) electrons. The van der Waals surface area contributed by atoms with E-state index in [1.54, 1.807) is 0 Å². The minimum atomic E-state index is -0.134. The highest BCUT2D eigenvalue weighted by molar-refractivity contribution is 7.71. The largest absolute Gasteiger partial charge is 0.494 e. The number of hydrogen-bond donors (Lipinski definition) is 2. The van der Waals surface area contributed by atoms with Gasteiger partial charge in [-0.3, -0.25) is 19.8 Å². The van der Waals surface area contributed by atoms with Crippen LogP contribution in [0.2, 0.25) is 0 Å². The van der Waals surface area contributed by atoms with Gasteiger partial charge >= 0.3 is 0 Å². The maximum absolute atomic E-state index is 12.7. The molecule has 0 saturated carbocycles. The first kappa shape index (κ1) is 20.8. The van der Waals surface area contributed by atoms with E-state index in [0.29, 0.717) is 36.2 Å². The number of benzene rings is 2. The smallest absolute Gasteiger partial charge is 0.228 e. The van der Waals surface area contributed by atoms with Gasteiger partial charge in [-0.1, -0.05) is 12.1 Å². The fourth-order valence-corrected chi connectivity index (χ4v) is 3.73. The van der Waals surface area contributed by atoms with Crippen molar-refractivity contribution in [2.45, 2.75) is 33.4 Å². The number of carbonyl (C=O) groups excluding carboxylic acids is 1. The molecule has 8 nitrogen and oxygen atoms in total. The molecule has 2 N–H and O–H groups in total. The van der Waals surface area contributed by atoms with Crippen molar-refractivity contribution >= 4 is 35.1 Å². The topological polar surface area (TPSA) is 89.8 Å². The molecule has 0 atom stereocenters. The number of aromatic nitrogens is 5. The standard InChI is InChI=1S/C22H24N6O2S/c1-3-27-18-8-6-5-7-17(18)23-21(27)24-19(29)13-14-28-20(25-26-22(28)31)15-9-11-16(12-10-15)30-4-2/h5-12H,3-4,13-14H2,1-2H3,(H,26,31)(H,23,24,29). The Morgan fingerprint density at radius 2 is 1.90 bits per heavy atom. The molecule has 2 aromatic carbocycles. The minimum Gasteiger partial charge on any atom is -0.494 e. The third-order valence-corrected chi connectivity index (χ3v) is 5.28. The predicted octanol–water partition coefficient (Wildman–Crippen LogP) is 4.40. The van der Waals surface area contributed by atoms with E-state index in [-0.39, 0.29) is 12.3 Å². The number of para-hydroxylation sites is 2. The zero-order valence-corrected chi connectivity index (χ0v) is 18.3. The summed E-state index contributed by atoms with van der Waals surface area (Å²) in [6.45, 7) is 5.69. The second kappa shape index (κ2) is 9.13. The van der Waals surface area contributed by atoms with Crippen LogP contribution in [0.3, 0.4) is 0 Å². The van der Waals surface area contributed by atoms with E-state index in [1.165, 1.54) is 0 Å². The molecule has 160 valence electrons. The third-order valence-electron chi connectivity index (χ3n) is 4.97. The van der Waals surface area contributed by atoms with Gasteiger partial charge in [0.15, 0.2) is 10.6 Å². The Balaban J connectivity index is 1.48. The molecule has 0 bridgehead atoms. The number of H-pyrrole nitrogens is 1. The van der Waals surface area contributed by atoms with Crippen LogP contribution >= 0.6 is 12.2 Å². The summed E-state index contributed by atoms with van der Waals surface area (Å²) < 4.78 is 9.78. The van der Waals surface area contributed by atoms with Gasteiger partial charge < -0.3 is 9.30 Å². The molecule has 4 aromatic rings. The Morgan fingerprint density at radius 3 is 2.65 bits per heavy atom. The lowest BCUT2D eigenvalue weighted by molar-refractivity contribution is -0.116.